The number of nitrogens with zero attached hydrogens (tertiary/aromatic N) is 1. The number of halogens is 2. The second kappa shape index (κ2) is 5.24. The molecule has 0 saturated carbocycles. The van der Waals surface area contributed by atoms with Gasteiger partial charge in [0.1, 0.15) is 17.3 Å². The van der Waals surface area contributed by atoms with Gasteiger partial charge in [-0.05, 0) is 18.2 Å². The standard InChI is InChI=1S/C14H11F2NO3/c1-17-7-8(5-12(17)14(19)20)13(18)6-9-10(15)3-2-4-11(9)16/h2-5,7H,6H2,1H3,(H,19,20). The zero-order valence-corrected chi connectivity index (χ0v) is 10.6. The molecular weight excluding hydrogens is 268 g/mol. The largest absolute Gasteiger partial charge is 0.477 e. The first kappa shape index (κ1) is 13.9. The lowest BCUT2D eigenvalue weighted by Gasteiger charge is -2.03. The van der Waals surface area contributed by atoms with Crippen LogP contribution in [0.2, 0.25) is 0 Å². The highest BCUT2D eigenvalue weighted by Gasteiger charge is 2.18. The van der Waals surface area contributed by atoms with E-state index in [0.717, 1.165) is 12.1 Å². The SMILES string of the molecule is Cn1cc(C(=O)Cc2c(F)cccc2F)cc1C(=O)O. The fraction of sp³-hybridized carbons (Fsp3) is 0.143. The molecule has 0 aliphatic heterocycles. The Morgan fingerprint density at radius 2 is 1.85 bits per heavy atom. The number of carbonyl (C=O) groups excluding carboxylic acids is 1. The van der Waals surface area contributed by atoms with Crippen LogP contribution in [0, 0.1) is 11.6 Å². The van der Waals surface area contributed by atoms with Crippen molar-refractivity contribution in [3.05, 3.63) is 58.9 Å². The lowest BCUT2D eigenvalue weighted by Crippen LogP contribution is -2.06. The van der Waals surface area contributed by atoms with Crippen LogP contribution in [0.3, 0.4) is 0 Å². The Morgan fingerprint density at radius 3 is 2.35 bits per heavy atom. The summed E-state index contributed by atoms with van der Waals surface area (Å²) in [6.45, 7) is 0. The van der Waals surface area contributed by atoms with Gasteiger partial charge in [-0.1, -0.05) is 6.07 Å². The van der Waals surface area contributed by atoms with Crippen LogP contribution in [-0.4, -0.2) is 21.4 Å². The third kappa shape index (κ3) is 2.59. The molecule has 0 radical (unpaired) electrons. The minimum atomic E-state index is -1.18. The maximum atomic E-state index is 13.4. The lowest BCUT2D eigenvalue weighted by molar-refractivity contribution is 0.0686. The average Bonchev–Trinajstić information content (AvgIpc) is 2.76. The second-order valence-corrected chi connectivity index (χ2v) is 4.33. The van der Waals surface area contributed by atoms with Gasteiger partial charge in [0.25, 0.3) is 0 Å². The number of rotatable bonds is 4. The third-order valence-electron chi connectivity index (χ3n) is 2.95. The van der Waals surface area contributed by atoms with E-state index in [9.17, 15) is 18.4 Å². The molecule has 104 valence electrons. The number of aromatic carboxylic acids is 1. The van der Waals surface area contributed by atoms with E-state index >= 15 is 0 Å². The molecule has 0 unspecified atom stereocenters. The normalized spacial score (nSPS) is 10.6. The molecule has 4 nitrogen and oxygen atoms in total. The molecule has 2 aromatic rings. The van der Waals surface area contributed by atoms with Crippen LogP contribution in [0.25, 0.3) is 0 Å². The van der Waals surface area contributed by atoms with Gasteiger partial charge >= 0.3 is 5.97 Å². The Balaban J connectivity index is 2.29. The Kier molecular flexibility index (Phi) is 3.65. The number of carboxylic acids is 1. The van der Waals surface area contributed by atoms with Crippen molar-refractivity contribution in [2.24, 2.45) is 7.05 Å². The van der Waals surface area contributed by atoms with E-state index in [4.69, 9.17) is 5.11 Å². The molecule has 1 heterocycles. The van der Waals surface area contributed by atoms with Gasteiger partial charge in [0.2, 0.25) is 0 Å². The summed E-state index contributed by atoms with van der Waals surface area (Å²) in [5.41, 5.74) is -0.284. The topological polar surface area (TPSA) is 59.3 Å². The highest BCUT2D eigenvalue weighted by molar-refractivity contribution is 5.99. The van der Waals surface area contributed by atoms with E-state index in [2.05, 4.69) is 0 Å². The minimum absolute atomic E-state index is 0.0673. The van der Waals surface area contributed by atoms with Gasteiger partial charge in [-0.25, -0.2) is 13.6 Å². The number of aromatic nitrogens is 1. The van der Waals surface area contributed by atoms with Crippen molar-refractivity contribution >= 4 is 11.8 Å². The monoisotopic (exact) mass is 279 g/mol. The molecule has 6 heteroatoms. The molecule has 0 saturated heterocycles. The van der Waals surface area contributed by atoms with Gasteiger partial charge < -0.3 is 9.67 Å². The molecule has 1 aromatic heterocycles. The van der Waals surface area contributed by atoms with Crippen molar-refractivity contribution in [2.75, 3.05) is 0 Å². The van der Waals surface area contributed by atoms with Crippen LogP contribution in [-0.2, 0) is 13.5 Å². The highest BCUT2D eigenvalue weighted by atomic mass is 19.1. The third-order valence-corrected chi connectivity index (χ3v) is 2.95. The summed E-state index contributed by atoms with van der Waals surface area (Å²) < 4.78 is 28.2. The number of hydrogen-bond donors (Lipinski definition) is 1. The number of Topliss-reactive ketones (excluding diaryl/α,β-unsaturated/α-hetero) is 1. The molecular formula is C14H11F2NO3. The van der Waals surface area contributed by atoms with Crippen molar-refractivity contribution in [3.8, 4) is 0 Å². The van der Waals surface area contributed by atoms with E-state index in [1.807, 2.05) is 0 Å². The first-order chi connectivity index (χ1) is 9.40. The summed E-state index contributed by atoms with van der Waals surface area (Å²) in [6.07, 6.45) is 0.867. The summed E-state index contributed by atoms with van der Waals surface area (Å²) in [6, 6.07) is 4.53. The molecule has 1 N–H and O–H groups in total. The molecule has 0 bridgehead atoms. The van der Waals surface area contributed by atoms with Gasteiger partial charge in [0, 0.05) is 30.8 Å². The van der Waals surface area contributed by atoms with Crippen molar-refractivity contribution in [3.63, 3.8) is 0 Å². The molecule has 0 aliphatic carbocycles. The molecule has 0 amide bonds. The maximum Gasteiger partial charge on any atom is 0.352 e. The second-order valence-electron chi connectivity index (χ2n) is 4.33. The molecule has 1 aromatic carbocycles. The van der Waals surface area contributed by atoms with E-state index < -0.39 is 29.8 Å². The number of carboxylic acid groups (broad SMARTS) is 1. The Morgan fingerprint density at radius 1 is 1.25 bits per heavy atom. The van der Waals surface area contributed by atoms with E-state index in [-0.39, 0.29) is 16.8 Å². The average molecular weight is 279 g/mol. The number of hydrogen-bond acceptors (Lipinski definition) is 2. The van der Waals surface area contributed by atoms with Crippen LogP contribution < -0.4 is 0 Å². The molecule has 0 atom stereocenters. The van der Waals surface area contributed by atoms with Crippen LogP contribution in [0.1, 0.15) is 26.4 Å². The molecule has 0 fully saturated rings. The number of aryl methyl sites for hydroxylation is 1. The van der Waals surface area contributed by atoms with Gasteiger partial charge in [-0.2, -0.15) is 0 Å². The fourth-order valence-corrected chi connectivity index (χ4v) is 1.89. The summed E-state index contributed by atoms with van der Waals surface area (Å²) in [7, 11) is 1.48. The molecule has 0 aliphatic rings. The first-order valence-electron chi connectivity index (χ1n) is 5.76. The zero-order chi connectivity index (χ0) is 14.9. The van der Waals surface area contributed by atoms with Crippen LogP contribution >= 0.6 is 0 Å². The van der Waals surface area contributed by atoms with Crippen molar-refractivity contribution in [2.45, 2.75) is 6.42 Å². The summed E-state index contributed by atoms with van der Waals surface area (Å²) in [5.74, 6) is -3.32. The summed E-state index contributed by atoms with van der Waals surface area (Å²) in [4.78, 5) is 22.8. The van der Waals surface area contributed by atoms with Crippen molar-refractivity contribution in [1.82, 2.24) is 4.57 Å². The minimum Gasteiger partial charge on any atom is -0.477 e. The van der Waals surface area contributed by atoms with Crippen LogP contribution in [0.4, 0.5) is 8.78 Å². The first-order valence-corrected chi connectivity index (χ1v) is 5.76. The van der Waals surface area contributed by atoms with E-state index in [1.165, 1.54) is 29.9 Å². The van der Waals surface area contributed by atoms with Gasteiger partial charge in [0.05, 0.1) is 0 Å². The Hall–Kier alpha value is -2.50. The smallest absolute Gasteiger partial charge is 0.352 e. The van der Waals surface area contributed by atoms with Gasteiger partial charge in [-0.3, -0.25) is 4.79 Å². The Labute approximate surface area is 113 Å². The highest BCUT2D eigenvalue weighted by Crippen LogP contribution is 2.16. The fourth-order valence-electron chi connectivity index (χ4n) is 1.89. The quantitative estimate of drug-likeness (QED) is 0.874. The molecule has 20 heavy (non-hydrogen) atoms. The predicted octanol–water partition coefficient (Wildman–Crippen LogP) is 2.43. The summed E-state index contributed by atoms with van der Waals surface area (Å²) in [5, 5.41) is 8.89. The number of ketones is 1. The predicted molar refractivity (Wildman–Crippen MR) is 66.8 cm³/mol. The number of benzene rings is 1. The Bertz CT molecular complexity index is 671. The zero-order valence-electron chi connectivity index (χ0n) is 10.6. The number of carbonyl (C=O) groups is 2. The van der Waals surface area contributed by atoms with Gasteiger partial charge in [-0.15, -0.1) is 0 Å². The van der Waals surface area contributed by atoms with Crippen molar-refractivity contribution in [1.29, 1.82) is 0 Å². The molecule has 0 spiro atoms. The van der Waals surface area contributed by atoms with E-state index in [0.29, 0.717) is 0 Å². The van der Waals surface area contributed by atoms with Crippen LogP contribution in [0.5, 0.6) is 0 Å². The van der Waals surface area contributed by atoms with Crippen molar-refractivity contribution < 1.29 is 23.5 Å². The maximum absolute atomic E-state index is 13.4. The summed E-state index contributed by atoms with van der Waals surface area (Å²) >= 11 is 0. The van der Waals surface area contributed by atoms with E-state index in [1.54, 1.807) is 0 Å². The lowest BCUT2D eigenvalue weighted by atomic mass is 10.0. The molecule has 2 rings (SSSR count). The van der Waals surface area contributed by atoms with Gasteiger partial charge in [0.15, 0.2) is 5.78 Å². The van der Waals surface area contributed by atoms with Crippen LogP contribution in [0.15, 0.2) is 30.5 Å².